The van der Waals surface area contributed by atoms with E-state index in [4.69, 9.17) is 23.2 Å². The largest absolute Gasteiger partial charge is 0.256 e. The van der Waals surface area contributed by atoms with Crippen LogP contribution in [0.3, 0.4) is 0 Å². The molecule has 3 heteroatoms. The van der Waals surface area contributed by atoms with Crippen LogP contribution in [0, 0.1) is 0 Å². The van der Waals surface area contributed by atoms with Gasteiger partial charge in [-0.3, -0.25) is 4.98 Å². The second-order valence-electron chi connectivity index (χ2n) is 2.82. The molecular formula is C11H7Cl2N. The van der Waals surface area contributed by atoms with Crippen molar-refractivity contribution in [2.75, 3.05) is 0 Å². The van der Waals surface area contributed by atoms with Crippen molar-refractivity contribution in [1.82, 2.24) is 4.98 Å². The fourth-order valence-electron chi connectivity index (χ4n) is 1.22. The van der Waals surface area contributed by atoms with Gasteiger partial charge in [-0.2, -0.15) is 0 Å². The van der Waals surface area contributed by atoms with Gasteiger partial charge in [-0.1, -0.05) is 41.4 Å². The molecule has 2 aromatic rings. The Morgan fingerprint density at radius 2 is 1.79 bits per heavy atom. The van der Waals surface area contributed by atoms with E-state index in [9.17, 15) is 0 Å². The van der Waals surface area contributed by atoms with E-state index in [-0.39, 0.29) is 0 Å². The van der Waals surface area contributed by atoms with Crippen molar-refractivity contribution in [2.24, 2.45) is 0 Å². The Morgan fingerprint density at radius 1 is 0.929 bits per heavy atom. The number of nitrogens with zero attached hydrogens (tertiary/aromatic N) is 1. The Balaban J connectivity index is 2.58. The van der Waals surface area contributed by atoms with Gasteiger partial charge in [0.1, 0.15) is 0 Å². The molecule has 0 aliphatic rings. The summed E-state index contributed by atoms with van der Waals surface area (Å²) >= 11 is 12.0. The molecule has 0 aliphatic heterocycles. The van der Waals surface area contributed by atoms with Gasteiger partial charge >= 0.3 is 0 Å². The summed E-state index contributed by atoms with van der Waals surface area (Å²) in [7, 11) is 0. The molecule has 1 aromatic heterocycles. The summed E-state index contributed by atoms with van der Waals surface area (Å²) in [6.45, 7) is 0. The highest BCUT2D eigenvalue weighted by Gasteiger charge is 2.06. The predicted octanol–water partition coefficient (Wildman–Crippen LogP) is 4.06. The lowest BCUT2D eigenvalue weighted by molar-refractivity contribution is 1.33. The fraction of sp³-hybridized carbons (Fsp3) is 0. The van der Waals surface area contributed by atoms with E-state index in [1.807, 2.05) is 30.3 Å². The molecule has 14 heavy (non-hydrogen) atoms. The van der Waals surface area contributed by atoms with Gasteiger partial charge in [0, 0.05) is 11.8 Å². The average molecular weight is 224 g/mol. The van der Waals surface area contributed by atoms with Gasteiger partial charge in [0.05, 0.1) is 15.7 Å². The molecule has 0 saturated heterocycles. The normalized spacial score (nSPS) is 10.1. The van der Waals surface area contributed by atoms with Crippen LogP contribution in [0.1, 0.15) is 0 Å². The summed E-state index contributed by atoms with van der Waals surface area (Å²) in [6, 6.07) is 11.2. The van der Waals surface area contributed by atoms with E-state index in [1.165, 1.54) is 0 Å². The molecule has 0 radical (unpaired) electrons. The lowest BCUT2D eigenvalue weighted by Gasteiger charge is -2.03. The van der Waals surface area contributed by atoms with Crippen LogP contribution in [0.25, 0.3) is 11.3 Å². The van der Waals surface area contributed by atoms with Crippen molar-refractivity contribution < 1.29 is 0 Å². The molecule has 0 atom stereocenters. The molecule has 0 spiro atoms. The lowest BCUT2D eigenvalue weighted by atomic mass is 10.1. The van der Waals surface area contributed by atoms with Crippen LogP contribution in [0.15, 0.2) is 42.6 Å². The zero-order valence-electron chi connectivity index (χ0n) is 7.24. The number of aromatic nitrogens is 1. The molecular weight excluding hydrogens is 217 g/mol. The van der Waals surface area contributed by atoms with Crippen LogP contribution < -0.4 is 0 Å². The smallest absolute Gasteiger partial charge is 0.0717 e. The number of halogens is 2. The van der Waals surface area contributed by atoms with Gasteiger partial charge in [0.2, 0.25) is 0 Å². The lowest BCUT2D eigenvalue weighted by Crippen LogP contribution is -1.83. The molecule has 0 unspecified atom stereocenters. The van der Waals surface area contributed by atoms with Gasteiger partial charge in [0.25, 0.3) is 0 Å². The maximum atomic E-state index is 6.06. The minimum absolute atomic E-state index is 0.549. The van der Waals surface area contributed by atoms with E-state index < -0.39 is 0 Å². The monoisotopic (exact) mass is 223 g/mol. The third-order valence-electron chi connectivity index (χ3n) is 1.89. The van der Waals surface area contributed by atoms with Crippen LogP contribution in [-0.2, 0) is 0 Å². The van der Waals surface area contributed by atoms with E-state index in [2.05, 4.69) is 4.98 Å². The molecule has 0 bridgehead atoms. The Hall–Kier alpha value is -1.05. The molecule has 0 N–H and O–H groups in total. The molecule has 1 heterocycles. The quantitative estimate of drug-likeness (QED) is 0.711. The van der Waals surface area contributed by atoms with Gasteiger partial charge in [-0.25, -0.2) is 0 Å². The molecule has 0 amide bonds. The zero-order valence-corrected chi connectivity index (χ0v) is 8.76. The van der Waals surface area contributed by atoms with Crippen molar-refractivity contribution in [1.29, 1.82) is 0 Å². The van der Waals surface area contributed by atoms with Gasteiger partial charge < -0.3 is 0 Å². The minimum Gasteiger partial charge on any atom is -0.256 e. The molecule has 0 saturated carbocycles. The number of hydrogen-bond donors (Lipinski definition) is 0. The first kappa shape index (κ1) is 9.50. The summed E-state index contributed by atoms with van der Waals surface area (Å²) in [4.78, 5) is 4.21. The summed E-state index contributed by atoms with van der Waals surface area (Å²) in [6.07, 6.45) is 1.73. The van der Waals surface area contributed by atoms with Crippen LogP contribution in [0.5, 0.6) is 0 Å². The van der Waals surface area contributed by atoms with Crippen LogP contribution in [0.4, 0.5) is 0 Å². The summed E-state index contributed by atoms with van der Waals surface area (Å²) in [5.41, 5.74) is 1.69. The highest BCUT2D eigenvalue weighted by molar-refractivity contribution is 6.43. The Labute approximate surface area is 92.3 Å². The average Bonchev–Trinajstić information content (AvgIpc) is 2.23. The first-order chi connectivity index (χ1) is 6.79. The van der Waals surface area contributed by atoms with Crippen LogP contribution in [0.2, 0.25) is 10.0 Å². The molecule has 0 fully saturated rings. The SMILES string of the molecule is Clc1cccc(-c2ccccn2)c1Cl. The molecule has 1 nitrogen and oxygen atoms in total. The molecule has 2 rings (SSSR count). The first-order valence-corrected chi connectivity index (χ1v) is 4.90. The van der Waals surface area contributed by atoms with Crippen molar-refractivity contribution in [2.45, 2.75) is 0 Å². The second kappa shape index (κ2) is 3.99. The molecule has 0 aliphatic carbocycles. The zero-order chi connectivity index (χ0) is 9.97. The van der Waals surface area contributed by atoms with Crippen molar-refractivity contribution in [3.05, 3.63) is 52.6 Å². The number of rotatable bonds is 1. The van der Waals surface area contributed by atoms with Gasteiger partial charge in [0.15, 0.2) is 0 Å². The Bertz CT molecular complexity index is 440. The number of benzene rings is 1. The maximum absolute atomic E-state index is 6.06. The van der Waals surface area contributed by atoms with Crippen LogP contribution >= 0.6 is 23.2 Å². The topological polar surface area (TPSA) is 12.9 Å². The van der Waals surface area contributed by atoms with Crippen LogP contribution in [-0.4, -0.2) is 4.98 Å². The van der Waals surface area contributed by atoms with Gasteiger partial charge in [-0.15, -0.1) is 0 Å². The van der Waals surface area contributed by atoms with E-state index >= 15 is 0 Å². The molecule has 1 aromatic carbocycles. The third-order valence-corrected chi connectivity index (χ3v) is 2.71. The Morgan fingerprint density at radius 3 is 2.50 bits per heavy atom. The third kappa shape index (κ3) is 1.74. The summed E-state index contributed by atoms with van der Waals surface area (Å²) in [5.74, 6) is 0. The Kier molecular flexibility index (Phi) is 2.71. The van der Waals surface area contributed by atoms with Crippen molar-refractivity contribution in [3.8, 4) is 11.3 Å². The van der Waals surface area contributed by atoms with E-state index in [1.54, 1.807) is 12.3 Å². The van der Waals surface area contributed by atoms with E-state index in [0.717, 1.165) is 11.3 Å². The van der Waals surface area contributed by atoms with E-state index in [0.29, 0.717) is 10.0 Å². The van der Waals surface area contributed by atoms with Gasteiger partial charge in [-0.05, 0) is 18.2 Å². The molecule has 70 valence electrons. The van der Waals surface area contributed by atoms with Crippen molar-refractivity contribution >= 4 is 23.2 Å². The highest BCUT2D eigenvalue weighted by atomic mass is 35.5. The predicted molar refractivity (Wildman–Crippen MR) is 59.7 cm³/mol. The standard InChI is InChI=1S/C11H7Cl2N/c12-9-5-3-4-8(11(9)13)10-6-1-2-7-14-10/h1-7H. The first-order valence-electron chi connectivity index (χ1n) is 4.14. The minimum atomic E-state index is 0.549. The number of hydrogen-bond acceptors (Lipinski definition) is 1. The number of pyridine rings is 1. The van der Waals surface area contributed by atoms with Crippen molar-refractivity contribution in [3.63, 3.8) is 0 Å². The highest BCUT2D eigenvalue weighted by Crippen LogP contribution is 2.31. The fourth-order valence-corrected chi connectivity index (χ4v) is 1.62. The summed E-state index contributed by atoms with van der Waals surface area (Å²) in [5, 5.41) is 1.10. The second-order valence-corrected chi connectivity index (χ2v) is 3.60. The maximum Gasteiger partial charge on any atom is 0.0717 e. The summed E-state index contributed by atoms with van der Waals surface area (Å²) < 4.78 is 0.